The molecule has 2 aliphatic heterocycles. The largest absolute Gasteiger partial charge is 0.330 e. The van der Waals surface area contributed by atoms with Gasteiger partial charge in [-0.15, -0.1) is 11.3 Å². The molecule has 0 spiro atoms. The highest BCUT2D eigenvalue weighted by atomic mass is 32.1. The molecule has 2 aromatic heterocycles. The molecule has 1 amide bonds. The fourth-order valence-corrected chi connectivity index (χ4v) is 5.70. The Morgan fingerprint density at radius 3 is 2.60 bits per heavy atom. The third-order valence-corrected chi connectivity index (χ3v) is 7.35. The Morgan fingerprint density at radius 2 is 1.83 bits per heavy atom. The molecule has 4 heterocycles. The van der Waals surface area contributed by atoms with E-state index in [9.17, 15) is 4.79 Å². The van der Waals surface area contributed by atoms with Gasteiger partial charge in [0.15, 0.2) is 6.54 Å². The van der Waals surface area contributed by atoms with Gasteiger partial charge in [-0.25, -0.2) is 4.98 Å². The van der Waals surface area contributed by atoms with Gasteiger partial charge in [0, 0.05) is 28.5 Å². The maximum absolute atomic E-state index is 13.2. The van der Waals surface area contributed by atoms with E-state index in [1.807, 2.05) is 29.7 Å². The van der Waals surface area contributed by atoms with E-state index < -0.39 is 0 Å². The molecule has 6 heteroatoms. The zero-order valence-electron chi connectivity index (χ0n) is 17.1. The second-order valence-corrected chi connectivity index (χ2v) is 9.09. The van der Waals surface area contributed by atoms with E-state index in [0.717, 1.165) is 45.0 Å². The third-order valence-electron chi connectivity index (χ3n) is 6.35. The summed E-state index contributed by atoms with van der Waals surface area (Å²) in [7, 11) is 0. The minimum Gasteiger partial charge on any atom is -0.330 e. The molecular formula is C24H28N4OS+2. The van der Waals surface area contributed by atoms with Gasteiger partial charge < -0.3 is 9.80 Å². The predicted octanol–water partition coefficient (Wildman–Crippen LogP) is 1.44. The Morgan fingerprint density at radius 1 is 1.03 bits per heavy atom. The number of carbonyl (C=O) groups excluding carboxylic acids is 1. The SMILES string of the molecule is O=C(C[NH+]1CCc2sccc2[C@H]1c1ccccc1)N1CCN(c2cccc[nH+]2)CC1. The summed E-state index contributed by atoms with van der Waals surface area (Å²) in [6.07, 6.45) is 3.02. The number of amides is 1. The molecule has 1 aromatic carbocycles. The Labute approximate surface area is 181 Å². The number of aromatic amines is 1. The monoisotopic (exact) mass is 420 g/mol. The molecule has 5 rings (SSSR count). The summed E-state index contributed by atoms with van der Waals surface area (Å²) in [5.74, 6) is 1.40. The Hall–Kier alpha value is -2.70. The zero-order valence-corrected chi connectivity index (χ0v) is 17.9. The quantitative estimate of drug-likeness (QED) is 0.694. The van der Waals surface area contributed by atoms with Crippen LogP contribution >= 0.6 is 11.3 Å². The summed E-state index contributed by atoms with van der Waals surface area (Å²) in [5, 5.41) is 2.20. The van der Waals surface area contributed by atoms with Crippen LogP contribution in [0.2, 0.25) is 0 Å². The number of hydrogen-bond donors (Lipinski definition) is 1. The number of quaternary nitrogens is 1. The average Bonchev–Trinajstić information content (AvgIpc) is 3.29. The Kier molecular flexibility index (Phi) is 5.51. The number of hydrogen-bond acceptors (Lipinski definition) is 3. The molecule has 0 saturated carbocycles. The lowest BCUT2D eigenvalue weighted by Gasteiger charge is -2.35. The molecule has 0 bridgehead atoms. The standard InChI is InChI=1S/C24H26N4OS/c29-23(27-15-13-26(14-16-27)22-8-4-5-11-25-22)18-28-12-9-21-20(10-17-30-21)24(28)19-6-2-1-3-7-19/h1-8,10-11,17,24H,9,12-16,18H2/p+2/t24-/m1/s1. The zero-order chi connectivity index (χ0) is 20.3. The number of nitrogens with one attached hydrogen (secondary N) is 2. The highest BCUT2D eigenvalue weighted by Crippen LogP contribution is 2.29. The summed E-state index contributed by atoms with van der Waals surface area (Å²) in [5.41, 5.74) is 2.72. The van der Waals surface area contributed by atoms with Gasteiger partial charge in [-0.2, -0.15) is 0 Å². The molecule has 3 aromatic rings. The molecule has 0 aliphatic carbocycles. The number of anilines is 1. The smallest absolute Gasteiger partial charge is 0.278 e. The van der Waals surface area contributed by atoms with E-state index in [0.29, 0.717) is 6.54 Å². The Balaban J connectivity index is 1.27. The molecule has 1 fully saturated rings. The highest BCUT2D eigenvalue weighted by Gasteiger charge is 2.36. The second-order valence-electron chi connectivity index (χ2n) is 8.09. The van der Waals surface area contributed by atoms with Crippen molar-refractivity contribution < 1.29 is 14.7 Å². The fourth-order valence-electron chi connectivity index (χ4n) is 4.78. The number of pyridine rings is 1. The van der Waals surface area contributed by atoms with Crippen molar-refractivity contribution in [2.75, 3.05) is 44.2 Å². The number of carbonyl (C=O) groups is 1. The van der Waals surface area contributed by atoms with E-state index in [1.54, 1.807) is 0 Å². The molecule has 154 valence electrons. The molecule has 30 heavy (non-hydrogen) atoms. The minimum absolute atomic E-state index is 0.255. The first-order chi connectivity index (χ1) is 14.8. The van der Waals surface area contributed by atoms with Crippen LogP contribution in [0.3, 0.4) is 0 Å². The van der Waals surface area contributed by atoms with Crippen molar-refractivity contribution in [1.82, 2.24) is 4.90 Å². The van der Waals surface area contributed by atoms with Crippen LogP contribution in [0, 0.1) is 0 Å². The van der Waals surface area contributed by atoms with E-state index in [-0.39, 0.29) is 11.9 Å². The normalized spacial score (nSPS) is 21.3. The summed E-state index contributed by atoms with van der Waals surface area (Å²) in [6.45, 7) is 4.89. The summed E-state index contributed by atoms with van der Waals surface area (Å²) >= 11 is 1.85. The van der Waals surface area contributed by atoms with Crippen molar-refractivity contribution >= 4 is 23.1 Å². The van der Waals surface area contributed by atoms with E-state index in [1.165, 1.54) is 20.9 Å². The molecule has 1 unspecified atom stereocenters. The molecule has 0 radical (unpaired) electrons. The number of nitrogens with zero attached hydrogens (tertiary/aromatic N) is 2. The van der Waals surface area contributed by atoms with Crippen molar-refractivity contribution in [2.45, 2.75) is 12.5 Å². The molecule has 5 nitrogen and oxygen atoms in total. The van der Waals surface area contributed by atoms with Gasteiger partial charge in [0.25, 0.3) is 11.7 Å². The van der Waals surface area contributed by atoms with Crippen molar-refractivity contribution in [3.8, 4) is 0 Å². The molecule has 1 saturated heterocycles. The minimum atomic E-state index is 0.255. The second kappa shape index (κ2) is 8.58. The first-order valence-electron chi connectivity index (χ1n) is 10.7. The van der Waals surface area contributed by atoms with Gasteiger partial charge in [-0.3, -0.25) is 9.69 Å². The highest BCUT2D eigenvalue weighted by molar-refractivity contribution is 7.10. The third kappa shape index (κ3) is 3.85. The van der Waals surface area contributed by atoms with Crippen LogP contribution in [-0.2, 0) is 11.2 Å². The van der Waals surface area contributed by atoms with Crippen molar-refractivity contribution in [2.24, 2.45) is 0 Å². The summed E-state index contributed by atoms with van der Waals surface area (Å²) in [4.78, 5) is 23.7. The number of H-pyrrole nitrogens is 1. The number of piperazine rings is 1. The van der Waals surface area contributed by atoms with Crippen LogP contribution < -0.4 is 14.8 Å². The number of benzene rings is 1. The number of fused-ring (bicyclic) bond motifs is 1. The van der Waals surface area contributed by atoms with Crippen LogP contribution in [0.25, 0.3) is 0 Å². The molecule has 2 aliphatic rings. The first-order valence-corrected chi connectivity index (χ1v) is 11.6. The summed E-state index contributed by atoms with van der Waals surface area (Å²) in [6, 6.07) is 19.3. The fraction of sp³-hybridized carbons (Fsp3) is 0.333. The summed E-state index contributed by atoms with van der Waals surface area (Å²) < 4.78 is 0. The lowest BCUT2D eigenvalue weighted by molar-refractivity contribution is -0.920. The van der Waals surface area contributed by atoms with Crippen LogP contribution in [-0.4, -0.2) is 50.1 Å². The first kappa shape index (κ1) is 19.3. The van der Waals surface area contributed by atoms with Gasteiger partial charge in [-0.05, 0) is 17.5 Å². The van der Waals surface area contributed by atoms with Crippen LogP contribution in [0.1, 0.15) is 22.0 Å². The lowest BCUT2D eigenvalue weighted by Crippen LogP contribution is -3.14. The van der Waals surface area contributed by atoms with Gasteiger partial charge in [0.1, 0.15) is 19.1 Å². The maximum atomic E-state index is 13.2. The van der Waals surface area contributed by atoms with Gasteiger partial charge in [0.05, 0.1) is 25.8 Å². The Bertz CT molecular complexity index is 983. The van der Waals surface area contributed by atoms with Gasteiger partial charge >= 0.3 is 0 Å². The maximum Gasteiger partial charge on any atom is 0.278 e. The number of aromatic nitrogens is 1. The lowest BCUT2D eigenvalue weighted by atomic mass is 9.93. The van der Waals surface area contributed by atoms with E-state index in [4.69, 9.17) is 0 Å². The van der Waals surface area contributed by atoms with Crippen molar-refractivity contribution in [3.05, 3.63) is 82.2 Å². The molecular weight excluding hydrogens is 392 g/mol. The number of rotatable bonds is 4. The van der Waals surface area contributed by atoms with Crippen LogP contribution in [0.15, 0.2) is 66.2 Å². The topological polar surface area (TPSA) is 42.1 Å². The average molecular weight is 421 g/mol. The molecule has 2 N–H and O–H groups in total. The van der Waals surface area contributed by atoms with E-state index in [2.05, 4.69) is 62.6 Å². The van der Waals surface area contributed by atoms with E-state index >= 15 is 0 Å². The van der Waals surface area contributed by atoms with Crippen LogP contribution in [0.5, 0.6) is 0 Å². The van der Waals surface area contributed by atoms with Gasteiger partial charge in [0.2, 0.25) is 0 Å². The predicted molar refractivity (Wildman–Crippen MR) is 119 cm³/mol. The van der Waals surface area contributed by atoms with Crippen molar-refractivity contribution in [1.29, 1.82) is 0 Å². The number of thiophene rings is 1. The molecule has 2 atom stereocenters. The van der Waals surface area contributed by atoms with Crippen molar-refractivity contribution in [3.63, 3.8) is 0 Å². The van der Waals surface area contributed by atoms with Gasteiger partial charge in [-0.1, -0.05) is 36.4 Å². The van der Waals surface area contributed by atoms with Crippen LogP contribution in [0.4, 0.5) is 5.82 Å².